The summed E-state index contributed by atoms with van der Waals surface area (Å²) in [6, 6.07) is 7.69. The van der Waals surface area contributed by atoms with Crippen LogP contribution < -0.4 is 15.2 Å². The van der Waals surface area contributed by atoms with E-state index in [0.717, 1.165) is 11.1 Å². The number of methoxy groups -OCH3 is 2. The molecule has 0 saturated heterocycles. The van der Waals surface area contributed by atoms with Gasteiger partial charge < -0.3 is 15.2 Å². The number of nitrogens with two attached hydrogens (primary N) is 1. The third-order valence-corrected chi connectivity index (χ3v) is 3.82. The van der Waals surface area contributed by atoms with E-state index in [1.165, 1.54) is 6.07 Å². The van der Waals surface area contributed by atoms with Crippen molar-refractivity contribution in [2.24, 2.45) is 5.73 Å². The maximum absolute atomic E-state index is 13.6. The Bertz CT molecular complexity index is 661. The van der Waals surface area contributed by atoms with E-state index < -0.39 is 11.9 Å². The molecule has 0 heterocycles. The Hall–Kier alpha value is -1.78. The second kappa shape index (κ2) is 6.33. The molecule has 1 unspecified atom stereocenters. The van der Waals surface area contributed by atoms with Crippen molar-refractivity contribution in [2.75, 3.05) is 14.2 Å². The fourth-order valence-corrected chi connectivity index (χ4v) is 2.50. The van der Waals surface area contributed by atoms with Crippen LogP contribution in [0.1, 0.15) is 22.7 Å². The van der Waals surface area contributed by atoms with Crippen molar-refractivity contribution in [1.29, 1.82) is 0 Å². The summed E-state index contributed by atoms with van der Waals surface area (Å²) in [6.45, 7) is 1.91. The lowest BCUT2D eigenvalue weighted by Crippen LogP contribution is -2.14. The van der Waals surface area contributed by atoms with Crippen LogP contribution in [0.4, 0.5) is 4.39 Å². The van der Waals surface area contributed by atoms with Crippen molar-refractivity contribution in [1.82, 2.24) is 0 Å². The lowest BCUT2D eigenvalue weighted by molar-refractivity contribution is 0.354. The van der Waals surface area contributed by atoms with Crippen LogP contribution >= 0.6 is 11.6 Å². The minimum Gasteiger partial charge on any atom is -0.493 e. The smallest absolute Gasteiger partial charge is 0.161 e. The molecule has 3 nitrogen and oxygen atoms in total. The zero-order valence-corrected chi connectivity index (χ0v) is 12.9. The molecular formula is C16H17ClFNO2. The molecule has 0 aliphatic rings. The van der Waals surface area contributed by atoms with Crippen molar-refractivity contribution in [3.8, 4) is 11.5 Å². The van der Waals surface area contributed by atoms with Gasteiger partial charge in [-0.05, 0) is 41.8 Å². The van der Waals surface area contributed by atoms with Gasteiger partial charge in [0.1, 0.15) is 5.82 Å². The van der Waals surface area contributed by atoms with Crippen LogP contribution in [0.3, 0.4) is 0 Å². The molecule has 5 heteroatoms. The van der Waals surface area contributed by atoms with Crippen molar-refractivity contribution in [3.63, 3.8) is 0 Å². The van der Waals surface area contributed by atoms with Crippen LogP contribution in [0.5, 0.6) is 11.5 Å². The summed E-state index contributed by atoms with van der Waals surface area (Å²) >= 11 is 6.01. The van der Waals surface area contributed by atoms with Crippen LogP contribution in [0.25, 0.3) is 0 Å². The normalized spacial score (nSPS) is 12.1. The van der Waals surface area contributed by atoms with Gasteiger partial charge in [0.15, 0.2) is 11.5 Å². The molecule has 0 amide bonds. The monoisotopic (exact) mass is 309 g/mol. The molecule has 0 bridgehead atoms. The minimum atomic E-state index is -0.548. The molecule has 0 aliphatic carbocycles. The Balaban J connectivity index is 2.53. The molecule has 0 spiro atoms. The van der Waals surface area contributed by atoms with Gasteiger partial charge in [0.25, 0.3) is 0 Å². The average Bonchev–Trinajstić information content (AvgIpc) is 2.49. The molecule has 0 saturated carbocycles. The second-order valence-corrected chi connectivity index (χ2v) is 5.06. The number of aryl methyl sites for hydroxylation is 1. The maximum Gasteiger partial charge on any atom is 0.161 e. The maximum atomic E-state index is 13.6. The number of halogens is 2. The van der Waals surface area contributed by atoms with Gasteiger partial charge >= 0.3 is 0 Å². The van der Waals surface area contributed by atoms with E-state index in [9.17, 15) is 4.39 Å². The fraction of sp³-hybridized carbons (Fsp3) is 0.250. The first-order valence-corrected chi connectivity index (χ1v) is 6.79. The Morgan fingerprint density at radius 3 is 2.33 bits per heavy atom. The Morgan fingerprint density at radius 1 is 1.10 bits per heavy atom. The first-order chi connectivity index (χ1) is 9.99. The van der Waals surface area contributed by atoms with Crippen LogP contribution in [-0.4, -0.2) is 14.2 Å². The molecule has 0 radical (unpaired) electrons. The molecule has 0 aliphatic heterocycles. The third kappa shape index (κ3) is 2.96. The first kappa shape index (κ1) is 15.6. The highest BCUT2D eigenvalue weighted by atomic mass is 35.5. The number of benzene rings is 2. The van der Waals surface area contributed by atoms with Gasteiger partial charge in [-0.1, -0.05) is 23.7 Å². The standard InChI is InChI=1S/C16H17ClFNO2/c1-9-7-13(20-2)14(21-3)8-11(9)16(19)10-5-4-6-12(18)15(10)17/h4-8,16H,19H2,1-3H3. The SMILES string of the molecule is COc1cc(C)c(C(N)c2cccc(F)c2Cl)cc1OC. The van der Waals surface area contributed by atoms with Crippen molar-refractivity contribution < 1.29 is 13.9 Å². The third-order valence-electron chi connectivity index (χ3n) is 3.42. The van der Waals surface area contributed by atoms with Crippen molar-refractivity contribution in [3.05, 3.63) is 57.9 Å². The highest BCUT2D eigenvalue weighted by molar-refractivity contribution is 6.31. The Morgan fingerprint density at radius 2 is 1.71 bits per heavy atom. The highest BCUT2D eigenvalue weighted by Crippen LogP contribution is 2.36. The van der Waals surface area contributed by atoms with E-state index in [-0.39, 0.29) is 5.02 Å². The van der Waals surface area contributed by atoms with Crippen LogP contribution in [0, 0.1) is 12.7 Å². The molecule has 2 aromatic carbocycles. The van der Waals surface area contributed by atoms with Crippen molar-refractivity contribution in [2.45, 2.75) is 13.0 Å². The van der Waals surface area contributed by atoms with E-state index in [2.05, 4.69) is 0 Å². The molecule has 112 valence electrons. The van der Waals surface area contributed by atoms with Gasteiger partial charge in [-0.25, -0.2) is 4.39 Å². The second-order valence-electron chi connectivity index (χ2n) is 4.68. The van der Waals surface area contributed by atoms with Crippen LogP contribution in [-0.2, 0) is 0 Å². The summed E-state index contributed by atoms with van der Waals surface area (Å²) in [7, 11) is 3.12. The van der Waals surface area contributed by atoms with E-state index in [1.807, 2.05) is 13.0 Å². The predicted octanol–water partition coefficient (Wildman–Crippen LogP) is 3.85. The van der Waals surface area contributed by atoms with Crippen LogP contribution in [0.2, 0.25) is 5.02 Å². The number of hydrogen-bond acceptors (Lipinski definition) is 3. The largest absolute Gasteiger partial charge is 0.493 e. The summed E-state index contributed by atoms with van der Waals surface area (Å²) in [5.41, 5.74) is 8.51. The summed E-state index contributed by atoms with van der Waals surface area (Å²) < 4.78 is 24.1. The lowest BCUT2D eigenvalue weighted by Gasteiger charge is -2.19. The van der Waals surface area contributed by atoms with Gasteiger partial charge in [-0.3, -0.25) is 0 Å². The van der Waals surface area contributed by atoms with Gasteiger partial charge in [0.2, 0.25) is 0 Å². The van der Waals surface area contributed by atoms with Crippen LogP contribution in [0.15, 0.2) is 30.3 Å². The minimum absolute atomic E-state index is 0.0409. The molecule has 2 rings (SSSR count). The van der Waals surface area contributed by atoms with E-state index in [4.69, 9.17) is 26.8 Å². The zero-order chi connectivity index (χ0) is 15.6. The van der Waals surface area contributed by atoms with E-state index in [1.54, 1.807) is 32.4 Å². The highest BCUT2D eigenvalue weighted by Gasteiger charge is 2.19. The molecule has 0 fully saturated rings. The Kier molecular flexibility index (Phi) is 4.70. The van der Waals surface area contributed by atoms with Gasteiger partial charge in [-0.15, -0.1) is 0 Å². The lowest BCUT2D eigenvalue weighted by atomic mass is 9.95. The van der Waals surface area contributed by atoms with E-state index >= 15 is 0 Å². The topological polar surface area (TPSA) is 44.5 Å². The average molecular weight is 310 g/mol. The molecule has 1 atom stereocenters. The molecular weight excluding hydrogens is 293 g/mol. The first-order valence-electron chi connectivity index (χ1n) is 6.41. The summed E-state index contributed by atoms with van der Waals surface area (Å²) in [5, 5.41) is 0.0409. The molecule has 2 aromatic rings. The molecule has 0 aromatic heterocycles. The summed E-state index contributed by atoms with van der Waals surface area (Å²) in [4.78, 5) is 0. The van der Waals surface area contributed by atoms with E-state index in [0.29, 0.717) is 17.1 Å². The summed E-state index contributed by atoms with van der Waals surface area (Å²) in [6.07, 6.45) is 0. The number of hydrogen-bond donors (Lipinski definition) is 1. The van der Waals surface area contributed by atoms with Gasteiger partial charge in [-0.2, -0.15) is 0 Å². The molecule has 2 N–H and O–H groups in total. The fourth-order valence-electron chi connectivity index (χ4n) is 2.26. The Labute approximate surface area is 128 Å². The van der Waals surface area contributed by atoms with Gasteiger partial charge in [0, 0.05) is 0 Å². The van der Waals surface area contributed by atoms with Gasteiger partial charge in [0.05, 0.1) is 25.3 Å². The quantitative estimate of drug-likeness (QED) is 0.933. The summed E-state index contributed by atoms with van der Waals surface area (Å²) in [5.74, 6) is 0.708. The van der Waals surface area contributed by atoms with Crippen molar-refractivity contribution >= 4 is 11.6 Å². The number of rotatable bonds is 4. The zero-order valence-electron chi connectivity index (χ0n) is 12.1. The number of ether oxygens (including phenoxy) is 2. The predicted molar refractivity (Wildman–Crippen MR) is 81.7 cm³/mol. The molecule has 21 heavy (non-hydrogen) atoms.